The van der Waals surface area contributed by atoms with E-state index in [1.165, 1.54) is 0 Å². The Morgan fingerprint density at radius 3 is 2.45 bits per heavy atom. The Bertz CT molecular complexity index is 441. The minimum atomic E-state index is -0.347. The topological polar surface area (TPSA) is 49.8 Å². The fourth-order valence-electron chi connectivity index (χ4n) is 2.54. The van der Waals surface area contributed by atoms with Crippen LogP contribution in [-0.2, 0) is 0 Å². The van der Waals surface area contributed by atoms with Crippen LogP contribution in [0, 0.1) is 5.92 Å². The number of carbonyl (C=O) groups is 1. The molecule has 0 aliphatic heterocycles. The first-order chi connectivity index (χ1) is 9.60. The van der Waals surface area contributed by atoms with Crippen LogP contribution in [0.4, 0.5) is 4.79 Å². The second kappa shape index (κ2) is 6.95. The fourth-order valence-corrected chi connectivity index (χ4v) is 2.67. The van der Waals surface area contributed by atoms with Crippen molar-refractivity contribution in [1.82, 2.24) is 4.90 Å². The van der Waals surface area contributed by atoms with Crippen molar-refractivity contribution in [2.45, 2.75) is 31.7 Å². The first-order valence-electron chi connectivity index (χ1n) is 6.91. The van der Waals surface area contributed by atoms with Gasteiger partial charge in [0, 0.05) is 24.7 Å². The third kappa shape index (κ3) is 3.87. The summed E-state index contributed by atoms with van der Waals surface area (Å²) in [6.45, 7) is 0.242. The van der Waals surface area contributed by atoms with Gasteiger partial charge in [-0.1, -0.05) is 11.6 Å². The second-order valence-electron chi connectivity index (χ2n) is 5.29. The number of nitrogens with zero attached hydrogens (tertiary/aromatic N) is 1. The van der Waals surface area contributed by atoms with E-state index >= 15 is 0 Å². The van der Waals surface area contributed by atoms with E-state index in [1.54, 1.807) is 36.2 Å². The molecule has 1 aromatic rings. The van der Waals surface area contributed by atoms with Gasteiger partial charge >= 0.3 is 6.09 Å². The van der Waals surface area contributed by atoms with Crippen molar-refractivity contribution in [3.05, 3.63) is 29.3 Å². The third-order valence-electron chi connectivity index (χ3n) is 3.93. The van der Waals surface area contributed by atoms with Gasteiger partial charge in [-0.3, -0.25) is 0 Å². The number of hydrogen-bond donors (Lipinski definition) is 1. The monoisotopic (exact) mass is 297 g/mol. The zero-order valence-corrected chi connectivity index (χ0v) is 12.3. The molecule has 0 radical (unpaired) electrons. The lowest BCUT2D eigenvalue weighted by molar-refractivity contribution is 0.111. The number of amides is 1. The van der Waals surface area contributed by atoms with E-state index in [0.29, 0.717) is 16.7 Å². The normalized spacial score (nSPS) is 22.4. The molecule has 0 heterocycles. The molecule has 1 saturated carbocycles. The first-order valence-corrected chi connectivity index (χ1v) is 7.29. The molecule has 2 rings (SSSR count). The molecule has 1 aliphatic rings. The van der Waals surface area contributed by atoms with E-state index in [1.807, 2.05) is 0 Å². The van der Waals surface area contributed by atoms with Gasteiger partial charge in [0.15, 0.2) is 0 Å². The van der Waals surface area contributed by atoms with Gasteiger partial charge < -0.3 is 14.7 Å². The van der Waals surface area contributed by atoms with Crippen molar-refractivity contribution in [1.29, 1.82) is 0 Å². The zero-order valence-electron chi connectivity index (χ0n) is 11.6. The van der Waals surface area contributed by atoms with Crippen LogP contribution < -0.4 is 4.74 Å². The molecule has 1 aromatic carbocycles. The highest BCUT2D eigenvalue weighted by molar-refractivity contribution is 6.30. The van der Waals surface area contributed by atoms with Crippen LogP contribution in [0.25, 0.3) is 0 Å². The summed E-state index contributed by atoms with van der Waals surface area (Å²) < 4.78 is 5.32. The van der Waals surface area contributed by atoms with Gasteiger partial charge in [0.05, 0.1) is 0 Å². The number of benzene rings is 1. The lowest BCUT2D eigenvalue weighted by Crippen LogP contribution is -2.41. The summed E-state index contributed by atoms with van der Waals surface area (Å²) in [5.74, 6) is 0.877. The van der Waals surface area contributed by atoms with Crippen LogP contribution in [0.2, 0.25) is 5.02 Å². The maximum absolute atomic E-state index is 12.1. The molecule has 1 amide bonds. The van der Waals surface area contributed by atoms with Crippen molar-refractivity contribution in [3.63, 3.8) is 0 Å². The first kappa shape index (κ1) is 15.1. The molecule has 0 bridgehead atoms. The number of rotatable bonds is 3. The molecule has 0 atom stereocenters. The summed E-state index contributed by atoms with van der Waals surface area (Å²) in [4.78, 5) is 13.7. The van der Waals surface area contributed by atoms with Crippen molar-refractivity contribution >= 4 is 17.7 Å². The smallest absolute Gasteiger partial charge is 0.410 e. The van der Waals surface area contributed by atoms with Crippen molar-refractivity contribution in [2.75, 3.05) is 13.7 Å². The SMILES string of the molecule is CN(C(=O)Oc1ccc(Cl)cc1)[C@H]1CC[C@H](CO)CC1. The van der Waals surface area contributed by atoms with E-state index < -0.39 is 0 Å². The Labute approximate surface area is 124 Å². The summed E-state index contributed by atoms with van der Waals surface area (Å²) in [6, 6.07) is 6.93. The van der Waals surface area contributed by atoms with Gasteiger partial charge in [-0.15, -0.1) is 0 Å². The van der Waals surface area contributed by atoms with E-state index in [4.69, 9.17) is 21.4 Å². The van der Waals surface area contributed by atoms with E-state index in [2.05, 4.69) is 0 Å². The van der Waals surface area contributed by atoms with Gasteiger partial charge in [-0.05, 0) is 55.9 Å². The minimum absolute atomic E-state index is 0.192. The molecule has 0 aromatic heterocycles. The summed E-state index contributed by atoms with van der Waals surface area (Å²) in [6.07, 6.45) is 3.40. The number of halogens is 1. The largest absolute Gasteiger partial charge is 0.415 e. The number of hydrogen-bond acceptors (Lipinski definition) is 3. The number of ether oxygens (including phenoxy) is 1. The Kier molecular flexibility index (Phi) is 5.26. The predicted molar refractivity (Wildman–Crippen MR) is 78.1 cm³/mol. The molecule has 0 unspecified atom stereocenters. The maximum atomic E-state index is 12.1. The lowest BCUT2D eigenvalue weighted by atomic mass is 9.86. The van der Waals surface area contributed by atoms with Crippen LogP contribution in [0.1, 0.15) is 25.7 Å². The van der Waals surface area contributed by atoms with Gasteiger partial charge in [0.25, 0.3) is 0 Å². The van der Waals surface area contributed by atoms with Crippen LogP contribution in [0.5, 0.6) is 5.75 Å². The molecule has 1 fully saturated rings. The van der Waals surface area contributed by atoms with Gasteiger partial charge in [0.2, 0.25) is 0 Å². The number of aliphatic hydroxyl groups is 1. The molecular weight excluding hydrogens is 278 g/mol. The quantitative estimate of drug-likeness (QED) is 0.931. The Hall–Kier alpha value is -1.26. The molecule has 0 spiro atoms. The Balaban J connectivity index is 1.87. The van der Waals surface area contributed by atoms with E-state index in [9.17, 15) is 4.79 Å². The average molecular weight is 298 g/mol. The van der Waals surface area contributed by atoms with Crippen LogP contribution in [0.3, 0.4) is 0 Å². The molecule has 1 N–H and O–H groups in total. The summed E-state index contributed by atoms with van der Waals surface area (Å²) in [5.41, 5.74) is 0. The van der Waals surface area contributed by atoms with Gasteiger partial charge in [0.1, 0.15) is 5.75 Å². The van der Waals surface area contributed by atoms with Crippen molar-refractivity contribution in [2.24, 2.45) is 5.92 Å². The number of aliphatic hydroxyl groups excluding tert-OH is 1. The average Bonchev–Trinajstić information content (AvgIpc) is 2.49. The number of carbonyl (C=O) groups excluding carboxylic acids is 1. The van der Waals surface area contributed by atoms with Gasteiger partial charge in [-0.25, -0.2) is 4.79 Å². The fraction of sp³-hybridized carbons (Fsp3) is 0.533. The molecule has 4 nitrogen and oxygen atoms in total. The molecule has 0 saturated heterocycles. The van der Waals surface area contributed by atoms with Crippen molar-refractivity contribution < 1.29 is 14.6 Å². The highest BCUT2D eigenvalue weighted by Gasteiger charge is 2.27. The summed E-state index contributed by atoms with van der Waals surface area (Å²) >= 11 is 5.79. The van der Waals surface area contributed by atoms with Crippen LogP contribution >= 0.6 is 11.6 Å². The minimum Gasteiger partial charge on any atom is -0.410 e. The van der Waals surface area contributed by atoms with Crippen LogP contribution in [-0.4, -0.2) is 35.8 Å². The van der Waals surface area contributed by atoms with E-state index in [-0.39, 0.29) is 18.7 Å². The van der Waals surface area contributed by atoms with E-state index in [0.717, 1.165) is 25.7 Å². The third-order valence-corrected chi connectivity index (χ3v) is 4.18. The highest BCUT2D eigenvalue weighted by atomic mass is 35.5. The zero-order chi connectivity index (χ0) is 14.5. The maximum Gasteiger partial charge on any atom is 0.415 e. The standard InChI is InChI=1S/C15H20ClNO3/c1-17(13-6-2-11(10-18)3-7-13)15(19)20-14-8-4-12(16)5-9-14/h4-5,8-9,11,13,18H,2-3,6-7,10H2,1H3/t11-,13-. The Morgan fingerprint density at radius 1 is 1.30 bits per heavy atom. The molecule has 110 valence electrons. The molecular formula is C15H20ClNO3. The Morgan fingerprint density at radius 2 is 1.90 bits per heavy atom. The summed E-state index contributed by atoms with van der Waals surface area (Å²) in [7, 11) is 1.77. The summed E-state index contributed by atoms with van der Waals surface area (Å²) in [5, 5.41) is 9.74. The van der Waals surface area contributed by atoms with Crippen molar-refractivity contribution in [3.8, 4) is 5.75 Å². The van der Waals surface area contributed by atoms with Gasteiger partial charge in [-0.2, -0.15) is 0 Å². The van der Waals surface area contributed by atoms with Crippen LogP contribution in [0.15, 0.2) is 24.3 Å². The molecule has 5 heteroatoms. The molecule has 20 heavy (non-hydrogen) atoms. The molecule has 1 aliphatic carbocycles. The lowest BCUT2D eigenvalue weighted by Gasteiger charge is -2.33. The predicted octanol–water partition coefficient (Wildman–Crippen LogP) is 3.32. The second-order valence-corrected chi connectivity index (χ2v) is 5.73. The highest BCUT2D eigenvalue weighted by Crippen LogP contribution is 2.27.